The van der Waals surface area contributed by atoms with Crippen LogP contribution in [-0.2, 0) is 15.0 Å². The number of aromatic nitrogens is 1. The zero-order valence-electron chi connectivity index (χ0n) is 14.7. The molecule has 5 nitrogen and oxygen atoms in total. The van der Waals surface area contributed by atoms with Crippen LogP contribution in [0.5, 0.6) is 0 Å². The Bertz CT molecular complexity index is 577. The molecule has 0 radical (unpaired) electrons. The highest BCUT2D eigenvalue weighted by atomic mass is 32.1. The van der Waals surface area contributed by atoms with Crippen molar-refractivity contribution < 1.29 is 9.59 Å². The number of hydrogen-bond donors (Lipinski definition) is 1. The molecule has 23 heavy (non-hydrogen) atoms. The summed E-state index contributed by atoms with van der Waals surface area (Å²) >= 11 is 1.64. The van der Waals surface area contributed by atoms with Gasteiger partial charge in [-0.2, -0.15) is 0 Å². The van der Waals surface area contributed by atoms with Crippen molar-refractivity contribution in [3.05, 3.63) is 16.1 Å². The molecule has 1 fully saturated rings. The summed E-state index contributed by atoms with van der Waals surface area (Å²) in [5, 5.41) is 5.81. The van der Waals surface area contributed by atoms with E-state index in [1.54, 1.807) is 18.3 Å². The van der Waals surface area contributed by atoms with E-state index in [-0.39, 0.29) is 23.3 Å². The molecule has 0 spiro atoms. The van der Waals surface area contributed by atoms with E-state index in [1.165, 1.54) is 6.92 Å². The molecule has 2 heterocycles. The fourth-order valence-electron chi connectivity index (χ4n) is 2.85. The smallest absolute Gasteiger partial charge is 0.245 e. The number of piperidine rings is 1. The zero-order chi connectivity index (χ0) is 17.2. The van der Waals surface area contributed by atoms with Crippen LogP contribution in [0.1, 0.15) is 70.6 Å². The standard InChI is InChI=1S/C17H27N3O2S/c1-11(18-12(2)21)16(22)20-9-7-6-8-13(20)15-19-14(10-23-15)17(3,4)5/h10-11,13H,6-9H2,1-5H3,(H,18,21). The van der Waals surface area contributed by atoms with Gasteiger partial charge in [-0.3, -0.25) is 9.59 Å². The van der Waals surface area contributed by atoms with Crippen molar-refractivity contribution in [2.45, 2.75) is 71.4 Å². The lowest BCUT2D eigenvalue weighted by atomic mass is 9.93. The van der Waals surface area contributed by atoms with E-state index < -0.39 is 6.04 Å². The van der Waals surface area contributed by atoms with Gasteiger partial charge in [0.15, 0.2) is 0 Å². The summed E-state index contributed by atoms with van der Waals surface area (Å²) in [5.41, 5.74) is 1.09. The molecule has 1 aromatic heterocycles. The molecule has 1 aliphatic heterocycles. The summed E-state index contributed by atoms with van der Waals surface area (Å²) in [6, 6.07) is -0.455. The minimum absolute atomic E-state index is 0.0156. The van der Waals surface area contributed by atoms with Crippen molar-refractivity contribution in [1.82, 2.24) is 15.2 Å². The van der Waals surface area contributed by atoms with Gasteiger partial charge in [0.2, 0.25) is 11.8 Å². The molecular formula is C17H27N3O2S. The lowest BCUT2D eigenvalue weighted by Gasteiger charge is -2.36. The van der Waals surface area contributed by atoms with Crippen molar-refractivity contribution in [3.63, 3.8) is 0 Å². The molecular weight excluding hydrogens is 310 g/mol. The predicted molar refractivity (Wildman–Crippen MR) is 92.4 cm³/mol. The van der Waals surface area contributed by atoms with E-state index in [4.69, 9.17) is 4.98 Å². The molecule has 1 aliphatic rings. The van der Waals surface area contributed by atoms with E-state index in [0.717, 1.165) is 36.5 Å². The Morgan fingerprint density at radius 1 is 1.39 bits per heavy atom. The first-order valence-electron chi connectivity index (χ1n) is 8.23. The molecule has 0 aliphatic carbocycles. The fraction of sp³-hybridized carbons (Fsp3) is 0.706. The SMILES string of the molecule is CC(=O)NC(C)C(=O)N1CCCCC1c1nc(C(C)(C)C)cs1. The third kappa shape index (κ3) is 4.31. The third-order valence-corrected chi connectivity index (χ3v) is 5.10. The van der Waals surface area contributed by atoms with Gasteiger partial charge in [-0.15, -0.1) is 11.3 Å². The highest BCUT2D eigenvalue weighted by Gasteiger charge is 2.33. The first-order chi connectivity index (χ1) is 10.7. The molecule has 2 amide bonds. The number of rotatable bonds is 3. The van der Waals surface area contributed by atoms with Crippen molar-refractivity contribution in [1.29, 1.82) is 0 Å². The van der Waals surface area contributed by atoms with Crippen LogP contribution in [0.25, 0.3) is 0 Å². The van der Waals surface area contributed by atoms with Crippen LogP contribution in [0.2, 0.25) is 0 Å². The first-order valence-corrected chi connectivity index (χ1v) is 9.11. The number of thiazole rings is 1. The Hall–Kier alpha value is -1.43. The molecule has 0 saturated carbocycles. The van der Waals surface area contributed by atoms with Gasteiger partial charge >= 0.3 is 0 Å². The van der Waals surface area contributed by atoms with Crippen molar-refractivity contribution in [3.8, 4) is 0 Å². The minimum atomic E-state index is -0.491. The minimum Gasteiger partial charge on any atom is -0.345 e. The lowest BCUT2D eigenvalue weighted by Crippen LogP contribution is -2.49. The number of carbonyl (C=O) groups is 2. The average molecular weight is 337 g/mol. The third-order valence-electron chi connectivity index (χ3n) is 4.15. The zero-order valence-corrected chi connectivity index (χ0v) is 15.5. The summed E-state index contributed by atoms with van der Waals surface area (Å²) in [6.45, 7) is 10.4. The van der Waals surface area contributed by atoms with Crippen molar-refractivity contribution in [2.24, 2.45) is 0 Å². The van der Waals surface area contributed by atoms with Gasteiger partial charge in [0.1, 0.15) is 11.0 Å². The van der Waals surface area contributed by atoms with Crippen LogP contribution in [-0.4, -0.2) is 34.3 Å². The molecule has 0 bridgehead atoms. The largest absolute Gasteiger partial charge is 0.345 e. The Labute approximate surface area is 142 Å². The molecule has 2 rings (SSSR count). The number of nitrogens with one attached hydrogen (secondary N) is 1. The van der Waals surface area contributed by atoms with Crippen LogP contribution < -0.4 is 5.32 Å². The van der Waals surface area contributed by atoms with E-state index in [2.05, 4.69) is 31.5 Å². The van der Waals surface area contributed by atoms with Crippen LogP contribution >= 0.6 is 11.3 Å². The summed E-state index contributed by atoms with van der Waals surface area (Å²) in [7, 11) is 0. The first kappa shape index (κ1) is 17.9. The number of likely N-dealkylation sites (tertiary alicyclic amines) is 1. The number of carbonyl (C=O) groups excluding carboxylic acids is 2. The molecule has 1 N–H and O–H groups in total. The Kier molecular flexibility index (Phi) is 5.45. The van der Waals surface area contributed by atoms with Crippen LogP contribution in [0.15, 0.2) is 5.38 Å². The predicted octanol–water partition coefficient (Wildman–Crippen LogP) is 3.02. The molecule has 6 heteroatoms. The molecule has 2 unspecified atom stereocenters. The maximum absolute atomic E-state index is 12.7. The van der Waals surface area contributed by atoms with Crippen molar-refractivity contribution >= 4 is 23.2 Å². The second kappa shape index (κ2) is 6.99. The summed E-state index contributed by atoms with van der Waals surface area (Å²) in [4.78, 5) is 30.6. The molecule has 1 saturated heterocycles. The molecule has 1 aromatic rings. The van der Waals surface area contributed by atoms with Crippen LogP contribution in [0.4, 0.5) is 0 Å². The van der Waals surface area contributed by atoms with Crippen LogP contribution in [0, 0.1) is 0 Å². The quantitative estimate of drug-likeness (QED) is 0.922. The topological polar surface area (TPSA) is 62.3 Å². The molecule has 2 atom stereocenters. The second-order valence-electron chi connectivity index (χ2n) is 7.29. The Morgan fingerprint density at radius 2 is 2.09 bits per heavy atom. The van der Waals surface area contributed by atoms with Crippen LogP contribution in [0.3, 0.4) is 0 Å². The number of amides is 2. The lowest BCUT2D eigenvalue weighted by molar-refractivity contribution is -0.139. The van der Waals surface area contributed by atoms with Gasteiger partial charge in [0.05, 0.1) is 11.7 Å². The molecule has 128 valence electrons. The Morgan fingerprint density at radius 3 is 2.65 bits per heavy atom. The summed E-state index contributed by atoms with van der Waals surface area (Å²) in [5.74, 6) is -0.193. The summed E-state index contributed by atoms with van der Waals surface area (Å²) in [6.07, 6.45) is 3.05. The maximum atomic E-state index is 12.7. The second-order valence-corrected chi connectivity index (χ2v) is 8.18. The maximum Gasteiger partial charge on any atom is 0.245 e. The highest BCUT2D eigenvalue weighted by Crippen LogP contribution is 2.35. The van der Waals surface area contributed by atoms with Gasteiger partial charge < -0.3 is 10.2 Å². The van der Waals surface area contributed by atoms with E-state index in [9.17, 15) is 9.59 Å². The Balaban J connectivity index is 2.20. The normalized spacial score (nSPS) is 20.2. The van der Waals surface area contributed by atoms with Gasteiger partial charge in [-0.1, -0.05) is 20.8 Å². The van der Waals surface area contributed by atoms with Gasteiger partial charge in [0, 0.05) is 24.3 Å². The summed E-state index contributed by atoms with van der Waals surface area (Å²) < 4.78 is 0. The monoisotopic (exact) mass is 337 g/mol. The van der Waals surface area contributed by atoms with E-state index in [1.807, 2.05) is 4.90 Å². The van der Waals surface area contributed by atoms with Crippen molar-refractivity contribution in [2.75, 3.05) is 6.54 Å². The average Bonchev–Trinajstić information content (AvgIpc) is 2.95. The molecule has 0 aromatic carbocycles. The van der Waals surface area contributed by atoms with E-state index >= 15 is 0 Å². The van der Waals surface area contributed by atoms with Gasteiger partial charge in [-0.05, 0) is 26.2 Å². The number of nitrogens with zero attached hydrogens (tertiary/aromatic N) is 2. The fourth-order valence-corrected chi connectivity index (χ4v) is 4.04. The van der Waals surface area contributed by atoms with Gasteiger partial charge in [-0.25, -0.2) is 4.98 Å². The number of hydrogen-bond acceptors (Lipinski definition) is 4. The van der Waals surface area contributed by atoms with Gasteiger partial charge in [0.25, 0.3) is 0 Å². The van der Waals surface area contributed by atoms with E-state index in [0.29, 0.717) is 0 Å². The highest BCUT2D eigenvalue weighted by molar-refractivity contribution is 7.09.